The van der Waals surface area contributed by atoms with E-state index < -0.39 is 11.6 Å². The molecule has 0 saturated carbocycles. The second-order valence-corrected chi connectivity index (χ2v) is 6.69. The second-order valence-electron chi connectivity index (χ2n) is 5.71. The molecule has 1 N–H and O–H groups in total. The molecule has 0 bridgehead atoms. The molecule has 0 aliphatic rings. The fourth-order valence-corrected chi connectivity index (χ4v) is 3.43. The van der Waals surface area contributed by atoms with Crippen LogP contribution in [0.3, 0.4) is 0 Å². The van der Waals surface area contributed by atoms with Gasteiger partial charge in [0.1, 0.15) is 11.6 Å². The standard InChI is InChI=1S/C17H21F2NS/c1-11(2)17(16-8-5-9-21-16)20-12(3)10-13-14(18)6-4-7-15(13)19/h4-9,11-12,17,20H,10H2,1-3H3. The number of hydrogen-bond donors (Lipinski definition) is 1. The molecule has 114 valence electrons. The minimum Gasteiger partial charge on any atom is -0.306 e. The third-order valence-electron chi connectivity index (χ3n) is 3.55. The molecule has 0 aliphatic carbocycles. The van der Waals surface area contributed by atoms with Crippen LogP contribution < -0.4 is 5.32 Å². The summed E-state index contributed by atoms with van der Waals surface area (Å²) in [5.41, 5.74) is 0.159. The number of rotatable bonds is 6. The molecule has 1 heterocycles. The lowest BCUT2D eigenvalue weighted by molar-refractivity contribution is 0.368. The molecule has 2 rings (SSSR count). The number of nitrogens with one attached hydrogen (secondary N) is 1. The molecule has 1 aromatic heterocycles. The molecule has 1 nitrogen and oxygen atoms in total. The highest BCUT2D eigenvalue weighted by Gasteiger charge is 2.20. The van der Waals surface area contributed by atoms with Crippen LogP contribution in [0.25, 0.3) is 0 Å². The molecular formula is C17H21F2NS. The van der Waals surface area contributed by atoms with Crippen LogP contribution in [-0.2, 0) is 6.42 Å². The summed E-state index contributed by atoms with van der Waals surface area (Å²) in [6.45, 7) is 6.26. The molecule has 2 aromatic rings. The summed E-state index contributed by atoms with van der Waals surface area (Å²) in [4.78, 5) is 1.26. The van der Waals surface area contributed by atoms with E-state index >= 15 is 0 Å². The Morgan fingerprint density at radius 2 is 1.71 bits per heavy atom. The van der Waals surface area contributed by atoms with Crippen LogP contribution in [-0.4, -0.2) is 6.04 Å². The number of hydrogen-bond acceptors (Lipinski definition) is 2. The minimum atomic E-state index is -0.471. The van der Waals surface area contributed by atoms with Crippen LogP contribution in [0.4, 0.5) is 8.78 Å². The maximum Gasteiger partial charge on any atom is 0.129 e. The van der Waals surface area contributed by atoms with Crippen molar-refractivity contribution in [2.45, 2.75) is 39.3 Å². The Kier molecular flexibility index (Phi) is 5.48. The summed E-state index contributed by atoms with van der Waals surface area (Å²) >= 11 is 1.70. The first-order chi connectivity index (χ1) is 9.99. The molecule has 21 heavy (non-hydrogen) atoms. The lowest BCUT2D eigenvalue weighted by atomic mass is 9.99. The fourth-order valence-electron chi connectivity index (χ4n) is 2.47. The zero-order valence-corrected chi connectivity index (χ0v) is 13.4. The molecule has 0 spiro atoms. The monoisotopic (exact) mass is 309 g/mol. The molecule has 0 radical (unpaired) electrons. The van der Waals surface area contributed by atoms with Crippen LogP contribution in [0.15, 0.2) is 35.7 Å². The van der Waals surface area contributed by atoms with Crippen molar-refractivity contribution in [2.75, 3.05) is 0 Å². The van der Waals surface area contributed by atoms with Crippen LogP contribution in [0.1, 0.15) is 37.3 Å². The minimum absolute atomic E-state index is 0.00843. The van der Waals surface area contributed by atoms with Crippen LogP contribution in [0, 0.1) is 17.6 Å². The third-order valence-corrected chi connectivity index (χ3v) is 4.51. The maximum atomic E-state index is 13.7. The van der Waals surface area contributed by atoms with Gasteiger partial charge < -0.3 is 5.32 Å². The Balaban J connectivity index is 2.08. The zero-order valence-electron chi connectivity index (χ0n) is 12.6. The molecule has 0 fully saturated rings. The van der Waals surface area contributed by atoms with Gasteiger partial charge in [-0.2, -0.15) is 0 Å². The van der Waals surface area contributed by atoms with E-state index in [0.717, 1.165) is 0 Å². The average molecular weight is 309 g/mol. The molecule has 0 aliphatic heterocycles. The van der Waals surface area contributed by atoms with Crippen molar-refractivity contribution in [3.8, 4) is 0 Å². The Morgan fingerprint density at radius 1 is 1.05 bits per heavy atom. The van der Waals surface area contributed by atoms with Gasteiger partial charge in [0, 0.05) is 22.5 Å². The van der Waals surface area contributed by atoms with E-state index in [-0.39, 0.29) is 17.6 Å². The number of benzene rings is 1. The smallest absolute Gasteiger partial charge is 0.129 e. The Hall–Kier alpha value is -1.26. The summed E-state index contributed by atoms with van der Waals surface area (Å²) in [6.07, 6.45) is 0.340. The predicted octanol–water partition coefficient (Wildman–Crippen LogP) is 4.94. The van der Waals surface area contributed by atoms with Crippen molar-refractivity contribution < 1.29 is 8.78 Å². The Bertz CT molecular complexity index is 546. The highest BCUT2D eigenvalue weighted by Crippen LogP contribution is 2.27. The van der Waals surface area contributed by atoms with E-state index in [1.165, 1.54) is 23.1 Å². The van der Waals surface area contributed by atoms with Gasteiger partial charge in [0.25, 0.3) is 0 Å². The largest absolute Gasteiger partial charge is 0.306 e. The SMILES string of the molecule is CC(Cc1c(F)cccc1F)NC(c1cccs1)C(C)C. The average Bonchev–Trinajstić information content (AvgIpc) is 2.94. The maximum absolute atomic E-state index is 13.7. The van der Waals surface area contributed by atoms with Gasteiger partial charge in [0.05, 0.1) is 0 Å². The van der Waals surface area contributed by atoms with Gasteiger partial charge in [0.15, 0.2) is 0 Å². The normalized spacial score (nSPS) is 14.4. The van der Waals surface area contributed by atoms with E-state index in [1.807, 2.05) is 18.4 Å². The molecule has 2 atom stereocenters. The first-order valence-corrected chi connectivity index (χ1v) is 8.09. The van der Waals surface area contributed by atoms with E-state index in [2.05, 4.69) is 25.2 Å². The summed E-state index contributed by atoms with van der Waals surface area (Å²) in [6, 6.07) is 8.33. The molecular weight excluding hydrogens is 288 g/mol. The lowest BCUT2D eigenvalue weighted by Gasteiger charge is -2.26. The van der Waals surface area contributed by atoms with Crippen LogP contribution in [0.2, 0.25) is 0 Å². The van der Waals surface area contributed by atoms with Crippen molar-refractivity contribution in [3.63, 3.8) is 0 Å². The summed E-state index contributed by atoms with van der Waals surface area (Å²) in [7, 11) is 0. The Morgan fingerprint density at radius 3 is 2.24 bits per heavy atom. The Labute approximate surface area is 129 Å². The first-order valence-electron chi connectivity index (χ1n) is 7.21. The number of halogens is 2. The topological polar surface area (TPSA) is 12.0 Å². The van der Waals surface area contributed by atoms with E-state index in [1.54, 1.807) is 11.3 Å². The highest BCUT2D eigenvalue weighted by atomic mass is 32.1. The van der Waals surface area contributed by atoms with Gasteiger partial charge in [-0.1, -0.05) is 26.0 Å². The summed E-state index contributed by atoms with van der Waals surface area (Å²) in [5, 5.41) is 5.55. The number of thiophene rings is 1. The van der Waals surface area contributed by atoms with E-state index in [4.69, 9.17) is 0 Å². The van der Waals surface area contributed by atoms with Gasteiger partial charge in [-0.25, -0.2) is 8.78 Å². The molecule has 2 unspecified atom stereocenters. The van der Waals surface area contributed by atoms with Crippen LogP contribution in [0.5, 0.6) is 0 Å². The van der Waals surface area contributed by atoms with Gasteiger partial charge in [0.2, 0.25) is 0 Å². The highest BCUT2D eigenvalue weighted by molar-refractivity contribution is 7.10. The quantitative estimate of drug-likeness (QED) is 0.796. The van der Waals surface area contributed by atoms with Crippen molar-refractivity contribution in [1.82, 2.24) is 5.32 Å². The van der Waals surface area contributed by atoms with Crippen molar-refractivity contribution in [2.24, 2.45) is 5.92 Å². The molecule has 0 amide bonds. The van der Waals surface area contributed by atoms with Gasteiger partial charge in [-0.05, 0) is 42.8 Å². The third kappa shape index (κ3) is 4.11. The fraction of sp³-hybridized carbons (Fsp3) is 0.412. The van der Waals surface area contributed by atoms with Crippen molar-refractivity contribution in [3.05, 3.63) is 57.8 Å². The summed E-state index contributed by atoms with van der Waals surface area (Å²) < 4.78 is 27.4. The van der Waals surface area contributed by atoms with E-state index in [9.17, 15) is 8.78 Å². The van der Waals surface area contributed by atoms with Crippen molar-refractivity contribution in [1.29, 1.82) is 0 Å². The van der Waals surface area contributed by atoms with E-state index in [0.29, 0.717) is 12.3 Å². The first kappa shape index (κ1) is 16.1. The molecule has 0 saturated heterocycles. The second kappa shape index (κ2) is 7.14. The zero-order chi connectivity index (χ0) is 15.4. The van der Waals surface area contributed by atoms with Gasteiger partial charge in [-0.15, -0.1) is 11.3 Å². The summed E-state index contributed by atoms with van der Waals surface area (Å²) in [5.74, 6) is -0.529. The predicted molar refractivity (Wildman–Crippen MR) is 84.6 cm³/mol. The lowest BCUT2D eigenvalue weighted by Crippen LogP contribution is -2.34. The van der Waals surface area contributed by atoms with Gasteiger partial charge in [-0.3, -0.25) is 0 Å². The van der Waals surface area contributed by atoms with Crippen LogP contribution >= 0.6 is 11.3 Å². The van der Waals surface area contributed by atoms with Crippen molar-refractivity contribution >= 4 is 11.3 Å². The molecule has 4 heteroatoms. The van der Waals surface area contributed by atoms with Gasteiger partial charge >= 0.3 is 0 Å². The molecule has 1 aromatic carbocycles.